The second-order valence-electron chi connectivity index (χ2n) is 10.5. The van der Waals surface area contributed by atoms with Crippen LogP contribution in [0.15, 0.2) is 71.1 Å². The third kappa shape index (κ3) is 3.66. The van der Waals surface area contributed by atoms with Crippen LogP contribution in [-0.2, 0) is 4.74 Å². The topological polar surface area (TPSA) is 72.6 Å². The Kier molecular flexibility index (Phi) is 5.17. The molecule has 2 bridgehead atoms. The smallest absolute Gasteiger partial charge is 0.410 e. The van der Waals surface area contributed by atoms with Crippen LogP contribution < -0.4 is 0 Å². The normalized spacial score (nSPS) is 22.2. The van der Waals surface area contributed by atoms with E-state index < -0.39 is 0 Å². The van der Waals surface area contributed by atoms with Gasteiger partial charge in [0.05, 0.1) is 0 Å². The van der Waals surface area contributed by atoms with Gasteiger partial charge in [-0.2, -0.15) is 0 Å². The molecule has 3 heterocycles. The number of aromatic nitrogens is 1. The number of aryl methyl sites for hydroxylation is 1. The van der Waals surface area contributed by atoms with Crippen molar-refractivity contribution in [3.8, 4) is 11.1 Å². The molecule has 3 aliphatic rings. The fourth-order valence-electron chi connectivity index (χ4n) is 6.79. The quantitative estimate of drug-likeness (QED) is 0.304. The van der Waals surface area contributed by atoms with Crippen LogP contribution in [0.3, 0.4) is 0 Å². The number of Topliss-reactive ketones (excluding diaryl/α,β-unsaturated/α-hetero) is 1. The number of hydrogen-bond donors (Lipinski definition) is 0. The number of piperidine rings is 1. The molecule has 6 nitrogen and oxygen atoms in total. The van der Waals surface area contributed by atoms with Gasteiger partial charge in [0, 0.05) is 36.4 Å². The molecular weight excluding hydrogens is 464 g/mol. The molecule has 2 atom stereocenters. The van der Waals surface area contributed by atoms with Gasteiger partial charge in [0.25, 0.3) is 0 Å². The maximum Gasteiger partial charge on any atom is 0.410 e. The molecule has 0 saturated carbocycles. The Bertz CT molecular complexity index is 1480. The molecule has 186 valence electrons. The fraction of sp³-hybridized carbons (Fsp3) is 0.323. The van der Waals surface area contributed by atoms with Crippen LogP contribution >= 0.6 is 0 Å². The molecule has 0 N–H and O–H groups in total. The van der Waals surface area contributed by atoms with Gasteiger partial charge in [-0.05, 0) is 66.1 Å². The van der Waals surface area contributed by atoms with E-state index in [1.807, 2.05) is 35.2 Å². The lowest BCUT2D eigenvalue weighted by Crippen LogP contribution is -2.48. The predicted molar refractivity (Wildman–Crippen MR) is 140 cm³/mol. The van der Waals surface area contributed by atoms with Gasteiger partial charge in [0.1, 0.15) is 12.1 Å². The van der Waals surface area contributed by atoms with Crippen molar-refractivity contribution in [2.75, 3.05) is 6.61 Å². The van der Waals surface area contributed by atoms with E-state index in [1.165, 1.54) is 22.3 Å². The zero-order valence-corrected chi connectivity index (χ0v) is 20.7. The lowest BCUT2D eigenvalue weighted by Gasteiger charge is -2.37. The molecule has 1 aliphatic carbocycles. The van der Waals surface area contributed by atoms with Crippen molar-refractivity contribution in [2.45, 2.75) is 50.6 Å². The summed E-state index contributed by atoms with van der Waals surface area (Å²) in [6, 6.07) is 22.3. The number of ketones is 1. The minimum absolute atomic E-state index is 0.0429. The Balaban J connectivity index is 1.05. The van der Waals surface area contributed by atoms with E-state index >= 15 is 0 Å². The molecule has 0 spiro atoms. The predicted octanol–water partition coefficient (Wildman–Crippen LogP) is 6.51. The number of hydrogen-bond acceptors (Lipinski definition) is 5. The van der Waals surface area contributed by atoms with Crippen LogP contribution in [0.1, 0.15) is 59.0 Å². The molecule has 2 aliphatic heterocycles. The number of rotatable bonds is 4. The van der Waals surface area contributed by atoms with E-state index in [4.69, 9.17) is 9.15 Å². The Hall–Kier alpha value is -3.93. The molecule has 4 aromatic rings. The van der Waals surface area contributed by atoms with Gasteiger partial charge >= 0.3 is 6.09 Å². The van der Waals surface area contributed by atoms with E-state index in [1.54, 1.807) is 6.92 Å². The molecule has 0 radical (unpaired) electrons. The zero-order valence-electron chi connectivity index (χ0n) is 20.7. The summed E-state index contributed by atoms with van der Waals surface area (Å²) in [5, 5.41) is 0. The number of carbonyl (C=O) groups excluding carboxylic acids is 2. The average Bonchev–Trinajstić information content (AvgIpc) is 3.54. The summed E-state index contributed by atoms with van der Waals surface area (Å²) in [7, 11) is 0. The number of benzene rings is 3. The maximum atomic E-state index is 13.4. The highest BCUT2D eigenvalue weighted by Crippen LogP contribution is 2.45. The number of oxazole rings is 1. The highest BCUT2D eigenvalue weighted by atomic mass is 16.6. The summed E-state index contributed by atoms with van der Waals surface area (Å²) < 4.78 is 11.5. The van der Waals surface area contributed by atoms with Gasteiger partial charge in [-0.25, -0.2) is 9.78 Å². The van der Waals surface area contributed by atoms with Crippen molar-refractivity contribution in [1.82, 2.24) is 9.88 Å². The molecule has 3 aromatic carbocycles. The highest BCUT2D eigenvalue weighted by Gasteiger charge is 2.46. The average molecular weight is 493 g/mol. The lowest BCUT2D eigenvalue weighted by molar-refractivity contribution is 0.0506. The third-order valence-corrected chi connectivity index (χ3v) is 8.43. The van der Waals surface area contributed by atoms with Crippen molar-refractivity contribution < 1.29 is 18.7 Å². The van der Waals surface area contributed by atoms with Crippen molar-refractivity contribution >= 4 is 23.0 Å². The van der Waals surface area contributed by atoms with Gasteiger partial charge in [-0.1, -0.05) is 48.5 Å². The molecule has 37 heavy (non-hydrogen) atoms. The minimum atomic E-state index is -0.250. The number of amides is 1. The highest BCUT2D eigenvalue weighted by molar-refractivity contribution is 6.00. The second kappa shape index (κ2) is 8.58. The minimum Gasteiger partial charge on any atom is -0.448 e. The van der Waals surface area contributed by atoms with Gasteiger partial charge in [0.2, 0.25) is 0 Å². The van der Waals surface area contributed by atoms with E-state index in [9.17, 15) is 9.59 Å². The molecule has 6 heteroatoms. The zero-order chi connectivity index (χ0) is 25.1. The maximum absolute atomic E-state index is 13.4. The first-order valence-corrected chi connectivity index (χ1v) is 13.1. The molecule has 7 rings (SSSR count). The Labute approximate surface area is 215 Å². The van der Waals surface area contributed by atoms with Crippen LogP contribution in [0.25, 0.3) is 22.2 Å². The Morgan fingerprint density at radius 2 is 1.59 bits per heavy atom. The Morgan fingerprint density at radius 1 is 0.946 bits per heavy atom. The number of fused-ring (bicyclic) bond motifs is 6. The summed E-state index contributed by atoms with van der Waals surface area (Å²) in [6.07, 6.45) is 2.94. The third-order valence-electron chi connectivity index (χ3n) is 8.43. The van der Waals surface area contributed by atoms with E-state index in [0.717, 1.165) is 12.8 Å². The largest absolute Gasteiger partial charge is 0.448 e. The van der Waals surface area contributed by atoms with Gasteiger partial charge in [-0.3, -0.25) is 4.79 Å². The molecular formula is C31H28N2O4. The molecule has 2 saturated heterocycles. The van der Waals surface area contributed by atoms with Crippen LogP contribution in [0.5, 0.6) is 0 Å². The van der Waals surface area contributed by atoms with Gasteiger partial charge < -0.3 is 14.1 Å². The van der Waals surface area contributed by atoms with Crippen LogP contribution in [0, 0.1) is 12.8 Å². The first-order valence-electron chi connectivity index (χ1n) is 13.1. The summed E-state index contributed by atoms with van der Waals surface area (Å²) in [5.41, 5.74) is 6.93. The number of carbonyl (C=O) groups is 2. The van der Waals surface area contributed by atoms with E-state index in [-0.39, 0.29) is 35.8 Å². The van der Waals surface area contributed by atoms with Crippen molar-refractivity contribution in [3.63, 3.8) is 0 Å². The molecule has 2 unspecified atom stereocenters. The molecule has 1 amide bonds. The van der Waals surface area contributed by atoms with Gasteiger partial charge in [0.15, 0.2) is 17.3 Å². The lowest BCUT2D eigenvalue weighted by atomic mass is 9.85. The summed E-state index contributed by atoms with van der Waals surface area (Å²) in [5.74, 6) is 0.671. The van der Waals surface area contributed by atoms with Crippen molar-refractivity contribution in [2.24, 2.45) is 5.92 Å². The number of nitrogens with zero attached hydrogens (tertiary/aromatic N) is 2. The van der Waals surface area contributed by atoms with E-state index in [2.05, 4.69) is 41.4 Å². The first kappa shape index (κ1) is 22.3. The number of ether oxygens (including phenoxy) is 1. The second-order valence-corrected chi connectivity index (χ2v) is 10.5. The monoisotopic (exact) mass is 492 g/mol. The van der Waals surface area contributed by atoms with Crippen molar-refractivity contribution in [3.05, 3.63) is 89.3 Å². The van der Waals surface area contributed by atoms with Crippen LogP contribution in [0.4, 0.5) is 4.79 Å². The van der Waals surface area contributed by atoms with E-state index in [0.29, 0.717) is 42.0 Å². The summed E-state index contributed by atoms with van der Waals surface area (Å²) >= 11 is 0. The fourth-order valence-corrected chi connectivity index (χ4v) is 6.79. The molecule has 2 fully saturated rings. The first-order chi connectivity index (χ1) is 18.1. The van der Waals surface area contributed by atoms with Crippen LogP contribution in [-0.4, -0.2) is 40.5 Å². The standard InChI is InChI=1S/C31H28N2O4/c1-18-32-28-16-19(10-13-29(28)37-18)30(34)20-14-21-11-12-22(15-20)33(21)31(35)36-17-27-25-8-4-2-6-23(25)24-7-3-5-9-26(24)27/h2-10,13,16,20-22,27H,11-12,14-15,17H2,1H3. The van der Waals surface area contributed by atoms with Gasteiger partial charge in [-0.15, -0.1) is 0 Å². The summed E-state index contributed by atoms with van der Waals surface area (Å²) in [6.45, 7) is 2.13. The SMILES string of the molecule is Cc1nc2cc(C(=O)C3CC4CCC(C3)N4C(=O)OCC3c4ccccc4-c4ccccc43)ccc2o1. The molecule has 1 aromatic heterocycles. The van der Waals surface area contributed by atoms with Crippen molar-refractivity contribution in [1.29, 1.82) is 0 Å². The van der Waals surface area contributed by atoms with Crippen LogP contribution in [0.2, 0.25) is 0 Å². The summed E-state index contributed by atoms with van der Waals surface area (Å²) in [4.78, 5) is 33.0. The Morgan fingerprint density at radius 3 is 2.27 bits per heavy atom.